The summed E-state index contributed by atoms with van der Waals surface area (Å²) in [6, 6.07) is 0. The molecule has 29 heavy (non-hydrogen) atoms. The van der Waals surface area contributed by atoms with Crippen molar-refractivity contribution in [3.63, 3.8) is 0 Å². The monoisotopic (exact) mass is 408 g/mol. The van der Waals surface area contributed by atoms with Gasteiger partial charge in [0.1, 0.15) is 0 Å². The molecule has 0 amide bonds. The Morgan fingerprint density at radius 1 is 0.345 bits per heavy atom. The fourth-order valence-electron chi connectivity index (χ4n) is 5.96. The van der Waals surface area contributed by atoms with Gasteiger partial charge in [0, 0.05) is 0 Å². The standard InChI is InChI=1S/C29H60/c1-15-17-19(4)21(6)23(8)25(10)27(12)29(14)28(13)26(11)24(9)22(7)20(5)18(3)16-2/h18-29H,15-17H2,1-14H3. The molecule has 0 fully saturated rings. The van der Waals surface area contributed by atoms with Crippen molar-refractivity contribution in [2.75, 3.05) is 0 Å². The van der Waals surface area contributed by atoms with Crippen molar-refractivity contribution in [2.45, 2.75) is 116 Å². The van der Waals surface area contributed by atoms with E-state index in [1.165, 1.54) is 19.3 Å². The Hall–Kier alpha value is 0. The lowest BCUT2D eigenvalue weighted by Gasteiger charge is -2.42. The third kappa shape index (κ3) is 7.88. The first kappa shape index (κ1) is 29.0. The van der Waals surface area contributed by atoms with Crippen LogP contribution in [-0.4, -0.2) is 0 Å². The molecule has 12 atom stereocenters. The van der Waals surface area contributed by atoms with Crippen LogP contribution in [0.3, 0.4) is 0 Å². The van der Waals surface area contributed by atoms with E-state index in [-0.39, 0.29) is 0 Å². The van der Waals surface area contributed by atoms with E-state index in [2.05, 4.69) is 96.9 Å². The molecular formula is C29H60. The van der Waals surface area contributed by atoms with Crippen LogP contribution in [0.2, 0.25) is 0 Å². The molecule has 0 aromatic rings. The third-order valence-corrected chi connectivity index (χ3v) is 10.6. The van der Waals surface area contributed by atoms with Gasteiger partial charge in [0.2, 0.25) is 0 Å². The van der Waals surface area contributed by atoms with Crippen LogP contribution in [0.15, 0.2) is 0 Å². The average Bonchev–Trinajstić information content (AvgIpc) is 2.72. The van der Waals surface area contributed by atoms with Crippen molar-refractivity contribution in [1.82, 2.24) is 0 Å². The minimum absolute atomic E-state index is 0.782. The second kappa shape index (κ2) is 13.4. The third-order valence-electron chi connectivity index (χ3n) is 10.6. The molecule has 0 saturated heterocycles. The molecular weight excluding hydrogens is 348 g/mol. The van der Waals surface area contributed by atoms with Crippen LogP contribution in [0.25, 0.3) is 0 Å². The molecule has 176 valence electrons. The van der Waals surface area contributed by atoms with E-state index in [4.69, 9.17) is 0 Å². The summed E-state index contributed by atoms with van der Waals surface area (Å²) in [6.45, 7) is 34.9. The molecule has 0 heteroatoms. The van der Waals surface area contributed by atoms with E-state index in [1.807, 2.05) is 0 Å². The van der Waals surface area contributed by atoms with E-state index in [0.717, 1.165) is 71.0 Å². The Balaban J connectivity index is 5.08. The van der Waals surface area contributed by atoms with E-state index in [9.17, 15) is 0 Å². The summed E-state index contributed by atoms with van der Waals surface area (Å²) in [7, 11) is 0. The van der Waals surface area contributed by atoms with Gasteiger partial charge >= 0.3 is 0 Å². The van der Waals surface area contributed by atoms with Gasteiger partial charge in [-0.1, -0.05) is 116 Å². The van der Waals surface area contributed by atoms with E-state index in [1.54, 1.807) is 0 Å². The van der Waals surface area contributed by atoms with E-state index >= 15 is 0 Å². The van der Waals surface area contributed by atoms with Crippen LogP contribution in [-0.2, 0) is 0 Å². The maximum atomic E-state index is 2.55. The molecule has 0 aliphatic heterocycles. The van der Waals surface area contributed by atoms with Crippen molar-refractivity contribution >= 4 is 0 Å². The van der Waals surface area contributed by atoms with Crippen molar-refractivity contribution in [3.8, 4) is 0 Å². The molecule has 0 spiro atoms. The van der Waals surface area contributed by atoms with Gasteiger partial charge in [-0.05, 0) is 71.0 Å². The highest BCUT2D eigenvalue weighted by Gasteiger charge is 2.35. The minimum atomic E-state index is 0.782. The molecule has 0 radical (unpaired) electrons. The smallest absolute Gasteiger partial charge is 0.0386 e. The topological polar surface area (TPSA) is 0 Å². The molecule has 12 unspecified atom stereocenters. The van der Waals surface area contributed by atoms with E-state index in [0.29, 0.717) is 0 Å². The second-order valence-corrected chi connectivity index (χ2v) is 11.7. The van der Waals surface area contributed by atoms with Crippen LogP contribution in [0.5, 0.6) is 0 Å². The molecule has 0 aromatic carbocycles. The molecule has 0 aliphatic carbocycles. The number of rotatable bonds is 14. The Labute approximate surface area is 187 Å². The van der Waals surface area contributed by atoms with Crippen molar-refractivity contribution < 1.29 is 0 Å². The van der Waals surface area contributed by atoms with Crippen LogP contribution in [0.1, 0.15) is 116 Å². The van der Waals surface area contributed by atoms with Gasteiger partial charge < -0.3 is 0 Å². The van der Waals surface area contributed by atoms with Gasteiger partial charge in [-0.2, -0.15) is 0 Å². The van der Waals surface area contributed by atoms with Gasteiger partial charge in [0.15, 0.2) is 0 Å². The molecule has 0 aliphatic rings. The van der Waals surface area contributed by atoms with Gasteiger partial charge in [0.05, 0.1) is 0 Å². The van der Waals surface area contributed by atoms with Crippen LogP contribution >= 0.6 is 0 Å². The first-order chi connectivity index (χ1) is 13.3. The molecule has 0 saturated carbocycles. The highest BCUT2D eigenvalue weighted by molar-refractivity contribution is 4.84. The molecule has 0 heterocycles. The lowest BCUT2D eigenvalue weighted by atomic mass is 9.63. The number of hydrogen-bond acceptors (Lipinski definition) is 0. The maximum Gasteiger partial charge on any atom is -0.0386 e. The van der Waals surface area contributed by atoms with Crippen LogP contribution < -0.4 is 0 Å². The van der Waals surface area contributed by atoms with Crippen molar-refractivity contribution in [3.05, 3.63) is 0 Å². The zero-order chi connectivity index (χ0) is 23.0. The summed E-state index contributed by atoms with van der Waals surface area (Å²) in [5.74, 6) is 9.64. The number of hydrogen-bond donors (Lipinski definition) is 0. The van der Waals surface area contributed by atoms with E-state index < -0.39 is 0 Å². The van der Waals surface area contributed by atoms with Gasteiger partial charge in [-0.25, -0.2) is 0 Å². The van der Waals surface area contributed by atoms with Crippen LogP contribution in [0.4, 0.5) is 0 Å². The lowest BCUT2D eigenvalue weighted by Crippen LogP contribution is -2.35. The highest BCUT2D eigenvalue weighted by atomic mass is 14.4. The fraction of sp³-hybridized carbons (Fsp3) is 1.00. The Bertz CT molecular complexity index is 412. The summed E-state index contributed by atoms with van der Waals surface area (Å²) in [6.07, 6.45) is 4.00. The Morgan fingerprint density at radius 2 is 0.586 bits per heavy atom. The predicted molar refractivity (Wildman–Crippen MR) is 135 cm³/mol. The van der Waals surface area contributed by atoms with Gasteiger partial charge in [-0.15, -0.1) is 0 Å². The molecule has 0 rings (SSSR count). The molecule has 0 nitrogen and oxygen atoms in total. The summed E-state index contributed by atoms with van der Waals surface area (Å²) in [5, 5.41) is 0. The molecule has 0 N–H and O–H groups in total. The predicted octanol–water partition coefficient (Wildman–Crippen LogP) is 9.83. The Morgan fingerprint density at radius 3 is 0.828 bits per heavy atom. The summed E-state index contributed by atoms with van der Waals surface area (Å²) in [5.41, 5.74) is 0. The normalized spacial score (nSPS) is 25.0. The average molecular weight is 409 g/mol. The molecule has 0 bridgehead atoms. The van der Waals surface area contributed by atoms with Crippen LogP contribution in [0, 0.1) is 71.0 Å². The Kier molecular flexibility index (Phi) is 13.4. The first-order valence-corrected chi connectivity index (χ1v) is 13.3. The molecule has 0 aromatic heterocycles. The first-order valence-electron chi connectivity index (χ1n) is 13.3. The lowest BCUT2D eigenvalue weighted by molar-refractivity contribution is 0.0679. The summed E-state index contributed by atoms with van der Waals surface area (Å²) >= 11 is 0. The minimum Gasteiger partial charge on any atom is -0.0654 e. The second-order valence-electron chi connectivity index (χ2n) is 11.7. The largest absolute Gasteiger partial charge is 0.0654 e. The highest BCUT2D eigenvalue weighted by Crippen LogP contribution is 2.42. The maximum absolute atomic E-state index is 2.55. The van der Waals surface area contributed by atoms with Crippen molar-refractivity contribution in [2.24, 2.45) is 71.0 Å². The quantitative estimate of drug-likeness (QED) is 0.268. The zero-order valence-electron chi connectivity index (χ0n) is 23.0. The zero-order valence-corrected chi connectivity index (χ0v) is 23.0. The summed E-state index contributed by atoms with van der Waals surface area (Å²) in [4.78, 5) is 0. The van der Waals surface area contributed by atoms with Crippen molar-refractivity contribution in [1.29, 1.82) is 0 Å². The van der Waals surface area contributed by atoms with Gasteiger partial charge in [-0.3, -0.25) is 0 Å². The SMILES string of the molecule is CCCC(C)C(C)C(C)C(C)C(C)C(C)C(C)C(C)C(C)C(C)C(C)C(C)CC. The summed E-state index contributed by atoms with van der Waals surface area (Å²) < 4.78 is 0. The fourth-order valence-corrected chi connectivity index (χ4v) is 5.96. The van der Waals surface area contributed by atoms with Gasteiger partial charge in [0.25, 0.3) is 0 Å².